The van der Waals surface area contributed by atoms with Crippen molar-refractivity contribution in [2.24, 2.45) is 0 Å². The van der Waals surface area contributed by atoms with Crippen LogP contribution in [0.25, 0.3) is 118 Å². The third-order valence-corrected chi connectivity index (χ3v) is 10.0. The molecule has 0 nitrogen and oxygen atoms in total. The van der Waals surface area contributed by atoms with Crippen molar-refractivity contribution in [1.82, 2.24) is 0 Å². The fraction of sp³-hybridized carbons (Fsp3) is 0. The summed E-state index contributed by atoms with van der Waals surface area (Å²) < 4.78 is 0. The van der Waals surface area contributed by atoms with E-state index in [0.717, 1.165) is 0 Å². The van der Waals surface area contributed by atoms with E-state index in [1.165, 1.54) is 118 Å². The lowest BCUT2D eigenvalue weighted by molar-refractivity contribution is 1.81. The first-order chi connectivity index (χ1) is 18.8. The van der Waals surface area contributed by atoms with E-state index in [2.05, 4.69) is 97.1 Å². The average Bonchev–Trinajstić information content (AvgIpc) is 2.96. The van der Waals surface area contributed by atoms with Gasteiger partial charge >= 0.3 is 0 Å². The molecule has 0 saturated heterocycles. The first kappa shape index (κ1) is 17.5. The molecule has 0 bridgehead atoms. The van der Waals surface area contributed by atoms with Crippen LogP contribution in [0, 0.1) is 0 Å². The molecule has 0 saturated carbocycles. The molecule has 12 rings (SSSR count). The average molecular weight is 473 g/mol. The van der Waals surface area contributed by atoms with Crippen molar-refractivity contribution in [1.29, 1.82) is 0 Å². The van der Waals surface area contributed by atoms with Crippen molar-refractivity contribution >= 4 is 118 Å². The molecule has 0 radical (unpaired) electrons. The number of hydrogen-bond donors (Lipinski definition) is 0. The summed E-state index contributed by atoms with van der Waals surface area (Å²) in [5.74, 6) is 0. The van der Waals surface area contributed by atoms with E-state index in [0.29, 0.717) is 0 Å². The highest BCUT2D eigenvalue weighted by Gasteiger charge is 2.28. The standard InChI is InChI=1S/C38H16/c1-3-19-13-23-15-21-11-9-17-7-8-18-10-12-22-16-24-14-20-4-2-6-26-25(5-1)27(19)35-33(23)37-31(21)29(17)30(18)32(22)38(37)34(24)36(35)28(20)26/h1-16H. The van der Waals surface area contributed by atoms with Crippen LogP contribution < -0.4 is 0 Å². The van der Waals surface area contributed by atoms with Gasteiger partial charge in [-0.25, -0.2) is 0 Å². The highest BCUT2D eigenvalue weighted by molar-refractivity contribution is 6.56. The zero-order valence-electron chi connectivity index (χ0n) is 20.2. The Bertz CT molecular complexity index is 2720. The van der Waals surface area contributed by atoms with Gasteiger partial charge in [-0.1, -0.05) is 72.8 Å². The Morgan fingerprint density at radius 2 is 0.526 bits per heavy atom. The number of fused-ring (bicyclic) bond motifs is 1. The minimum atomic E-state index is 1.35. The normalized spacial score (nSPS) is 13.8. The zero-order chi connectivity index (χ0) is 24.0. The molecule has 0 amide bonds. The molecule has 0 unspecified atom stereocenters. The highest BCUT2D eigenvalue weighted by Crippen LogP contribution is 2.57. The monoisotopic (exact) mass is 472 g/mol. The van der Waals surface area contributed by atoms with Crippen LogP contribution in [-0.2, 0) is 0 Å². The minimum Gasteiger partial charge on any atom is -0.0610 e. The van der Waals surface area contributed by atoms with E-state index >= 15 is 0 Å². The largest absolute Gasteiger partial charge is 0.0610 e. The molecule has 12 aromatic carbocycles. The summed E-state index contributed by atoms with van der Waals surface area (Å²) in [5, 5.41) is 31.0. The van der Waals surface area contributed by atoms with Crippen LogP contribution in [0.3, 0.4) is 0 Å². The molecule has 12 aromatic rings. The van der Waals surface area contributed by atoms with Gasteiger partial charge < -0.3 is 0 Å². The second-order valence-corrected chi connectivity index (χ2v) is 11.6. The molecule has 38 heavy (non-hydrogen) atoms. The van der Waals surface area contributed by atoms with Gasteiger partial charge in [0, 0.05) is 0 Å². The molecule has 0 aliphatic carbocycles. The summed E-state index contributed by atoms with van der Waals surface area (Å²) in [6, 6.07) is 37.6. The van der Waals surface area contributed by atoms with Crippen molar-refractivity contribution < 1.29 is 0 Å². The molecular weight excluding hydrogens is 456 g/mol. The lowest BCUT2D eigenvalue weighted by atomic mass is 9.75. The van der Waals surface area contributed by atoms with E-state index in [1.807, 2.05) is 0 Å². The number of rotatable bonds is 0. The quantitative estimate of drug-likeness (QED) is 0.152. The van der Waals surface area contributed by atoms with Crippen LogP contribution in [-0.4, -0.2) is 0 Å². The van der Waals surface area contributed by atoms with Crippen LogP contribution in [0.4, 0.5) is 0 Å². The summed E-state index contributed by atoms with van der Waals surface area (Å²) in [5.41, 5.74) is 0. The van der Waals surface area contributed by atoms with Gasteiger partial charge in [-0.15, -0.1) is 0 Å². The molecule has 0 aliphatic rings. The van der Waals surface area contributed by atoms with Gasteiger partial charge in [-0.05, 0) is 143 Å². The minimum absolute atomic E-state index is 1.35. The summed E-state index contributed by atoms with van der Waals surface area (Å²) >= 11 is 0. The van der Waals surface area contributed by atoms with Crippen LogP contribution in [0.2, 0.25) is 0 Å². The van der Waals surface area contributed by atoms with Gasteiger partial charge in [0.15, 0.2) is 0 Å². The summed E-state index contributed by atoms with van der Waals surface area (Å²) in [6.07, 6.45) is 0. The lowest BCUT2D eigenvalue weighted by Gasteiger charge is -2.27. The topological polar surface area (TPSA) is 0 Å². The van der Waals surface area contributed by atoms with Crippen molar-refractivity contribution in [3.05, 3.63) is 97.1 Å². The molecule has 0 aromatic heterocycles. The fourth-order valence-corrected chi connectivity index (χ4v) is 8.80. The van der Waals surface area contributed by atoms with Crippen molar-refractivity contribution in [3.8, 4) is 0 Å². The second kappa shape index (κ2) is 5.21. The molecule has 0 heteroatoms. The molecule has 0 aliphatic heterocycles. The van der Waals surface area contributed by atoms with Gasteiger partial charge in [0.1, 0.15) is 0 Å². The Morgan fingerprint density at radius 1 is 0.211 bits per heavy atom. The Labute approximate surface area is 215 Å². The molecule has 0 N–H and O–H groups in total. The van der Waals surface area contributed by atoms with Gasteiger partial charge in [-0.3, -0.25) is 0 Å². The van der Waals surface area contributed by atoms with Gasteiger partial charge in [0.25, 0.3) is 0 Å². The predicted octanol–water partition coefficient (Wildman–Crippen LogP) is 11.0. The molecule has 0 atom stereocenters. The van der Waals surface area contributed by atoms with Gasteiger partial charge in [0.2, 0.25) is 0 Å². The van der Waals surface area contributed by atoms with E-state index < -0.39 is 0 Å². The third-order valence-electron chi connectivity index (χ3n) is 10.0. The molecule has 0 fully saturated rings. The fourth-order valence-electron chi connectivity index (χ4n) is 8.80. The zero-order valence-corrected chi connectivity index (χ0v) is 20.2. The second-order valence-electron chi connectivity index (χ2n) is 11.6. The Balaban J connectivity index is 1.66. The first-order valence-electron chi connectivity index (χ1n) is 13.5. The van der Waals surface area contributed by atoms with Crippen molar-refractivity contribution in [3.63, 3.8) is 0 Å². The number of benzene rings is 12. The van der Waals surface area contributed by atoms with Crippen LogP contribution in [0.5, 0.6) is 0 Å². The van der Waals surface area contributed by atoms with Gasteiger partial charge in [0.05, 0.1) is 0 Å². The Morgan fingerprint density at radius 3 is 0.974 bits per heavy atom. The Kier molecular flexibility index (Phi) is 2.40. The highest BCUT2D eigenvalue weighted by atomic mass is 14.3. The van der Waals surface area contributed by atoms with Crippen LogP contribution in [0.1, 0.15) is 0 Å². The van der Waals surface area contributed by atoms with E-state index in [4.69, 9.17) is 0 Å². The molecule has 0 spiro atoms. The maximum atomic E-state index is 2.46. The maximum Gasteiger partial charge on any atom is -0.0000918 e. The third kappa shape index (κ3) is 1.56. The number of hydrogen-bond acceptors (Lipinski definition) is 0. The lowest BCUT2D eigenvalue weighted by Crippen LogP contribution is -1.98. The smallest absolute Gasteiger partial charge is 0.0000918 e. The van der Waals surface area contributed by atoms with Crippen molar-refractivity contribution in [2.75, 3.05) is 0 Å². The molecule has 168 valence electrons. The summed E-state index contributed by atoms with van der Waals surface area (Å²) in [7, 11) is 0. The Hall–Kier alpha value is -4.94. The van der Waals surface area contributed by atoms with Crippen LogP contribution in [0.15, 0.2) is 97.1 Å². The van der Waals surface area contributed by atoms with Gasteiger partial charge in [-0.2, -0.15) is 0 Å². The van der Waals surface area contributed by atoms with E-state index in [1.54, 1.807) is 0 Å². The van der Waals surface area contributed by atoms with E-state index in [9.17, 15) is 0 Å². The van der Waals surface area contributed by atoms with Crippen molar-refractivity contribution in [2.45, 2.75) is 0 Å². The SMILES string of the molecule is c1cc2cc3cc4ccc5ccc6ccc7cc8cc9cccc%10c(c1)c2c1c3c2c4c5c6c7c2c8c1c9%10. The maximum absolute atomic E-state index is 2.46. The van der Waals surface area contributed by atoms with Crippen LogP contribution >= 0.6 is 0 Å². The first-order valence-corrected chi connectivity index (χ1v) is 13.5. The predicted molar refractivity (Wildman–Crippen MR) is 166 cm³/mol. The molecule has 0 heterocycles. The van der Waals surface area contributed by atoms with E-state index in [-0.39, 0.29) is 0 Å². The summed E-state index contributed by atoms with van der Waals surface area (Å²) in [6.45, 7) is 0. The summed E-state index contributed by atoms with van der Waals surface area (Å²) in [4.78, 5) is 0. The molecular formula is C38H16.